The molecule has 2 rings (SSSR count). The fourth-order valence-corrected chi connectivity index (χ4v) is 1.16. The SMILES string of the molecule is O=[C]/C=C/c1ccc2c(c1)OOC2. The van der Waals surface area contributed by atoms with E-state index in [-0.39, 0.29) is 0 Å². The molecule has 0 aromatic heterocycles. The number of hydrogen-bond donors (Lipinski definition) is 0. The van der Waals surface area contributed by atoms with Gasteiger partial charge in [0, 0.05) is 5.56 Å². The molecular weight excluding hydrogens is 168 g/mol. The maximum atomic E-state index is 9.94. The van der Waals surface area contributed by atoms with Gasteiger partial charge in [-0.25, -0.2) is 0 Å². The van der Waals surface area contributed by atoms with Crippen molar-refractivity contribution < 1.29 is 14.6 Å². The summed E-state index contributed by atoms with van der Waals surface area (Å²) in [5, 5.41) is 0. The molecule has 0 saturated carbocycles. The van der Waals surface area contributed by atoms with Gasteiger partial charge in [0.2, 0.25) is 6.29 Å². The Morgan fingerprint density at radius 1 is 1.46 bits per heavy atom. The van der Waals surface area contributed by atoms with E-state index in [4.69, 9.17) is 9.78 Å². The minimum Gasteiger partial charge on any atom is -0.337 e. The van der Waals surface area contributed by atoms with Crippen molar-refractivity contribution in [1.82, 2.24) is 0 Å². The van der Waals surface area contributed by atoms with E-state index in [9.17, 15) is 4.79 Å². The van der Waals surface area contributed by atoms with Crippen molar-refractivity contribution in [1.29, 1.82) is 0 Å². The van der Waals surface area contributed by atoms with Gasteiger partial charge >= 0.3 is 0 Å². The molecule has 1 aromatic carbocycles. The van der Waals surface area contributed by atoms with E-state index in [1.807, 2.05) is 18.2 Å². The van der Waals surface area contributed by atoms with E-state index in [0.29, 0.717) is 12.4 Å². The Morgan fingerprint density at radius 2 is 2.38 bits per heavy atom. The first-order chi connectivity index (χ1) is 6.40. The zero-order valence-corrected chi connectivity index (χ0v) is 6.82. The third kappa shape index (κ3) is 1.60. The lowest BCUT2D eigenvalue weighted by Gasteiger charge is -1.95. The summed E-state index contributed by atoms with van der Waals surface area (Å²) in [7, 11) is 0. The van der Waals surface area contributed by atoms with Gasteiger partial charge in [-0.15, -0.1) is 0 Å². The Hall–Kier alpha value is -1.61. The van der Waals surface area contributed by atoms with E-state index in [1.54, 1.807) is 12.4 Å². The van der Waals surface area contributed by atoms with Crippen LogP contribution in [-0.2, 0) is 16.3 Å². The third-order valence-corrected chi connectivity index (χ3v) is 1.80. The molecular formula is C10H7O3. The van der Waals surface area contributed by atoms with Crippen molar-refractivity contribution in [2.24, 2.45) is 0 Å². The van der Waals surface area contributed by atoms with Crippen LogP contribution in [0.2, 0.25) is 0 Å². The van der Waals surface area contributed by atoms with Crippen LogP contribution in [0.25, 0.3) is 6.08 Å². The van der Waals surface area contributed by atoms with Crippen LogP contribution in [0.4, 0.5) is 0 Å². The molecule has 0 atom stereocenters. The third-order valence-electron chi connectivity index (χ3n) is 1.80. The van der Waals surface area contributed by atoms with Gasteiger partial charge in [0.25, 0.3) is 0 Å². The first-order valence-electron chi connectivity index (χ1n) is 3.87. The summed E-state index contributed by atoms with van der Waals surface area (Å²) in [4.78, 5) is 19.6. The van der Waals surface area contributed by atoms with Crippen molar-refractivity contribution >= 4 is 12.4 Å². The topological polar surface area (TPSA) is 35.5 Å². The molecule has 0 saturated heterocycles. The first-order valence-corrected chi connectivity index (χ1v) is 3.87. The number of carbonyl (C=O) groups excluding carboxylic acids is 1. The molecule has 0 amide bonds. The lowest BCUT2D eigenvalue weighted by molar-refractivity contribution is -0.194. The van der Waals surface area contributed by atoms with Crippen LogP contribution >= 0.6 is 0 Å². The summed E-state index contributed by atoms with van der Waals surface area (Å²) in [6.07, 6.45) is 4.66. The number of fused-ring (bicyclic) bond motifs is 1. The van der Waals surface area contributed by atoms with Crippen LogP contribution in [0.1, 0.15) is 11.1 Å². The maximum absolute atomic E-state index is 9.94. The average molecular weight is 175 g/mol. The fourth-order valence-electron chi connectivity index (χ4n) is 1.16. The van der Waals surface area contributed by atoms with Crippen LogP contribution in [0.5, 0.6) is 5.75 Å². The number of benzene rings is 1. The summed E-state index contributed by atoms with van der Waals surface area (Å²) in [6.45, 7) is 0.485. The molecule has 0 fully saturated rings. The highest BCUT2D eigenvalue weighted by molar-refractivity contribution is 5.74. The smallest absolute Gasteiger partial charge is 0.225 e. The highest BCUT2D eigenvalue weighted by atomic mass is 17.2. The number of rotatable bonds is 2. The maximum Gasteiger partial charge on any atom is 0.225 e. The molecule has 13 heavy (non-hydrogen) atoms. The van der Waals surface area contributed by atoms with E-state index in [0.717, 1.165) is 11.1 Å². The summed E-state index contributed by atoms with van der Waals surface area (Å²) < 4.78 is 0. The molecule has 0 aliphatic carbocycles. The van der Waals surface area contributed by atoms with Gasteiger partial charge in [-0.3, -0.25) is 4.79 Å². The van der Waals surface area contributed by atoms with Gasteiger partial charge in [0.15, 0.2) is 5.75 Å². The minimum atomic E-state index is 0.485. The van der Waals surface area contributed by atoms with Crippen LogP contribution in [0.3, 0.4) is 0 Å². The van der Waals surface area contributed by atoms with E-state index < -0.39 is 0 Å². The van der Waals surface area contributed by atoms with Gasteiger partial charge in [0.05, 0.1) is 0 Å². The quantitative estimate of drug-likeness (QED) is 0.506. The first kappa shape index (κ1) is 8.01. The molecule has 1 aromatic rings. The highest BCUT2D eigenvalue weighted by Crippen LogP contribution is 2.27. The summed E-state index contributed by atoms with van der Waals surface area (Å²) in [5.74, 6) is 0.716. The van der Waals surface area contributed by atoms with Gasteiger partial charge in [-0.05, 0) is 17.7 Å². The van der Waals surface area contributed by atoms with Crippen molar-refractivity contribution in [2.45, 2.75) is 6.61 Å². The van der Waals surface area contributed by atoms with Crippen LogP contribution in [-0.4, -0.2) is 6.29 Å². The Balaban J connectivity index is 2.30. The molecule has 1 aliphatic rings. The lowest BCUT2D eigenvalue weighted by atomic mass is 10.1. The van der Waals surface area contributed by atoms with Crippen molar-refractivity contribution in [3.63, 3.8) is 0 Å². The van der Waals surface area contributed by atoms with Crippen molar-refractivity contribution in [3.05, 3.63) is 35.4 Å². The second kappa shape index (κ2) is 3.41. The molecule has 3 nitrogen and oxygen atoms in total. The number of allylic oxidation sites excluding steroid dienone is 1. The highest BCUT2D eigenvalue weighted by Gasteiger charge is 2.12. The van der Waals surface area contributed by atoms with E-state index in [1.165, 1.54) is 6.08 Å². The zero-order valence-electron chi connectivity index (χ0n) is 6.82. The molecule has 0 spiro atoms. The normalized spacial score (nSPS) is 14.2. The predicted molar refractivity (Wildman–Crippen MR) is 46.6 cm³/mol. The van der Waals surface area contributed by atoms with Gasteiger partial charge < -0.3 is 4.89 Å². The summed E-state index contributed by atoms with van der Waals surface area (Å²) in [6, 6.07) is 5.62. The average Bonchev–Trinajstić information content (AvgIpc) is 2.61. The van der Waals surface area contributed by atoms with E-state index >= 15 is 0 Å². The Bertz CT molecular complexity index is 355. The molecule has 1 aliphatic heterocycles. The Kier molecular flexibility index (Phi) is 2.10. The fraction of sp³-hybridized carbons (Fsp3) is 0.100. The Labute approximate surface area is 75.5 Å². The zero-order chi connectivity index (χ0) is 9.10. The second-order valence-corrected chi connectivity index (χ2v) is 2.66. The van der Waals surface area contributed by atoms with Crippen molar-refractivity contribution in [2.75, 3.05) is 0 Å². The molecule has 65 valence electrons. The molecule has 0 N–H and O–H groups in total. The monoisotopic (exact) mass is 175 g/mol. The van der Waals surface area contributed by atoms with Gasteiger partial charge in [0.1, 0.15) is 6.61 Å². The summed E-state index contributed by atoms with van der Waals surface area (Å²) in [5.41, 5.74) is 1.92. The summed E-state index contributed by atoms with van der Waals surface area (Å²) >= 11 is 0. The van der Waals surface area contributed by atoms with E-state index in [2.05, 4.69) is 0 Å². The molecule has 1 radical (unpaired) electrons. The van der Waals surface area contributed by atoms with Gasteiger partial charge in [-0.1, -0.05) is 18.2 Å². The minimum absolute atomic E-state index is 0.485. The molecule has 0 unspecified atom stereocenters. The molecule has 1 heterocycles. The van der Waals surface area contributed by atoms with Crippen LogP contribution in [0, 0.1) is 0 Å². The predicted octanol–water partition coefficient (Wildman–Crippen LogP) is 1.63. The largest absolute Gasteiger partial charge is 0.337 e. The van der Waals surface area contributed by atoms with Crippen LogP contribution in [0.15, 0.2) is 24.3 Å². The molecule has 3 heteroatoms. The van der Waals surface area contributed by atoms with Gasteiger partial charge in [-0.2, -0.15) is 4.89 Å². The second-order valence-electron chi connectivity index (χ2n) is 2.66. The van der Waals surface area contributed by atoms with Crippen molar-refractivity contribution in [3.8, 4) is 5.75 Å². The molecule has 0 bridgehead atoms. The number of hydrogen-bond acceptors (Lipinski definition) is 3. The Morgan fingerprint density at radius 3 is 3.23 bits per heavy atom. The van der Waals surface area contributed by atoms with Crippen LogP contribution < -0.4 is 4.89 Å². The lowest BCUT2D eigenvalue weighted by Crippen LogP contribution is -1.81. The standard InChI is InChI=1S/C10H7O3/c11-5-1-2-8-3-4-9-7-12-13-10(9)6-8/h1-4,6H,7H2/b2-1+.